The summed E-state index contributed by atoms with van der Waals surface area (Å²) in [5.74, 6) is -2.10. The third-order valence-corrected chi connectivity index (χ3v) is 7.38. The second kappa shape index (κ2) is 10.2. The molecule has 1 N–H and O–H groups in total. The maximum atomic E-state index is 14.6. The Morgan fingerprint density at radius 3 is 2.49 bits per heavy atom. The largest absolute Gasteiger partial charge is 0.497 e. The number of ether oxygens (including phenoxy) is 3. The smallest absolute Gasteiger partial charge is 0.387 e. The Hall–Kier alpha value is -4.48. The minimum absolute atomic E-state index is 0.0550. The van der Waals surface area contributed by atoms with Crippen molar-refractivity contribution in [1.82, 2.24) is 14.0 Å². The van der Waals surface area contributed by atoms with Crippen LogP contribution in [0.1, 0.15) is 53.9 Å². The normalized spacial score (nSPS) is 14.6. The predicted octanol–water partition coefficient (Wildman–Crippen LogP) is 5.35. The number of rotatable bonds is 7. The summed E-state index contributed by atoms with van der Waals surface area (Å²) >= 11 is 0. The highest BCUT2D eigenvalue weighted by Gasteiger charge is 2.39. The van der Waals surface area contributed by atoms with Crippen LogP contribution in [0.25, 0.3) is 17.0 Å². The highest BCUT2D eigenvalue weighted by atomic mass is 19.3. The van der Waals surface area contributed by atoms with Crippen molar-refractivity contribution in [2.24, 2.45) is 5.41 Å². The molecule has 4 aromatic rings. The van der Waals surface area contributed by atoms with Gasteiger partial charge in [0.15, 0.2) is 11.4 Å². The predicted molar refractivity (Wildman–Crippen MR) is 143 cm³/mol. The summed E-state index contributed by atoms with van der Waals surface area (Å²) in [5.41, 5.74) is 0.405. The fourth-order valence-electron chi connectivity index (χ4n) is 5.45. The molecule has 1 aliphatic rings. The van der Waals surface area contributed by atoms with Crippen LogP contribution in [0.2, 0.25) is 0 Å². The fourth-order valence-corrected chi connectivity index (χ4v) is 5.45. The summed E-state index contributed by atoms with van der Waals surface area (Å²) in [4.78, 5) is 30.6. The molecule has 216 valence electrons. The second-order valence-electron chi connectivity index (χ2n) is 10.9. The van der Waals surface area contributed by atoms with E-state index in [1.165, 1.54) is 29.3 Å². The Kier molecular flexibility index (Phi) is 6.96. The number of nitrogens with zero attached hydrogens (tertiary/aromatic N) is 3. The molecule has 3 aromatic heterocycles. The first kappa shape index (κ1) is 28.1. The van der Waals surface area contributed by atoms with Gasteiger partial charge in [0.2, 0.25) is 0 Å². The Morgan fingerprint density at radius 1 is 1.15 bits per heavy atom. The number of hydrogen-bond donors (Lipinski definition) is 1. The van der Waals surface area contributed by atoms with Gasteiger partial charge in [0.25, 0.3) is 5.56 Å². The van der Waals surface area contributed by atoms with Crippen LogP contribution in [0.3, 0.4) is 0 Å². The molecule has 41 heavy (non-hydrogen) atoms. The summed E-state index contributed by atoms with van der Waals surface area (Å²) in [6.07, 6.45) is 1.40. The summed E-state index contributed by atoms with van der Waals surface area (Å²) in [6.45, 7) is 2.56. The van der Waals surface area contributed by atoms with Gasteiger partial charge in [-0.2, -0.15) is 8.78 Å². The molecule has 0 amide bonds. The molecule has 9 nitrogen and oxygen atoms in total. The zero-order valence-electron chi connectivity index (χ0n) is 23.0. The average molecular weight is 572 g/mol. The van der Waals surface area contributed by atoms with Crippen LogP contribution in [0.5, 0.6) is 17.2 Å². The lowest BCUT2D eigenvalue weighted by atomic mass is 9.70. The van der Waals surface area contributed by atoms with Crippen LogP contribution in [0.15, 0.2) is 41.3 Å². The van der Waals surface area contributed by atoms with Crippen molar-refractivity contribution in [2.75, 3.05) is 14.2 Å². The topological polar surface area (TPSA) is 104 Å². The lowest BCUT2D eigenvalue weighted by molar-refractivity contribution is -0.0493. The Balaban J connectivity index is 1.87. The molecule has 0 bridgehead atoms. The summed E-state index contributed by atoms with van der Waals surface area (Å²) in [6, 6.07) is 7.20. The van der Waals surface area contributed by atoms with Gasteiger partial charge in [-0.25, -0.2) is 14.2 Å². The summed E-state index contributed by atoms with van der Waals surface area (Å²) in [5, 5.41) is 9.97. The van der Waals surface area contributed by atoms with Crippen molar-refractivity contribution in [3.05, 3.63) is 75.1 Å². The molecule has 3 heterocycles. The molecule has 0 fully saturated rings. The molecule has 0 radical (unpaired) electrons. The third-order valence-electron chi connectivity index (χ3n) is 7.38. The van der Waals surface area contributed by atoms with E-state index in [-0.39, 0.29) is 30.2 Å². The van der Waals surface area contributed by atoms with Crippen molar-refractivity contribution < 1.29 is 37.3 Å². The van der Waals surface area contributed by atoms with Gasteiger partial charge in [-0.15, -0.1) is 0 Å². The van der Waals surface area contributed by atoms with E-state index in [9.17, 15) is 27.9 Å². The fraction of sp³-hybridized carbons (Fsp3) is 0.345. The highest BCUT2D eigenvalue weighted by Crippen LogP contribution is 2.48. The van der Waals surface area contributed by atoms with Crippen molar-refractivity contribution in [1.29, 1.82) is 0 Å². The molecule has 0 spiro atoms. The van der Waals surface area contributed by atoms with Crippen molar-refractivity contribution >= 4 is 11.6 Å². The number of methoxy groups -OCH3 is 2. The minimum atomic E-state index is -3.22. The zero-order chi connectivity index (χ0) is 29.8. The third kappa shape index (κ3) is 4.87. The number of carbonyl (C=O) groups is 1. The van der Waals surface area contributed by atoms with E-state index in [4.69, 9.17) is 9.47 Å². The van der Waals surface area contributed by atoms with Crippen molar-refractivity contribution in [3.63, 3.8) is 0 Å². The van der Waals surface area contributed by atoms with Gasteiger partial charge in [-0.05, 0) is 41.5 Å². The first-order valence-electron chi connectivity index (χ1n) is 12.7. The quantitative estimate of drug-likeness (QED) is 0.319. The number of imidazole rings is 1. The van der Waals surface area contributed by atoms with Gasteiger partial charge >= 0.3 is 12.6 Å². The van der Waals surface area contributed by atoms with Gasteiger partial charge in [-0.3, -0.25) is 9.20 Å². The van der Waals surface area contributed by atoms with E-state index in [0.717, 1.165) is 12.3 Å². The number of pyridine rings is 2. The first-order valence-corrected chi connectivity index (χ1v) is 12.7. The monoisotopic (exact) mass is 571 g/mol. The molecule has 1 unspecified atom stereocenters. The van der Waals surface area contributed by atoms with Crippen LogP contribution < -0.4 is 19.8 Å². The van der Waals surface area contributed by atoms with Crippen LogP contribution in [0.4, 0.5) is 13.2 Å². The highest BCUT2D eigenvalue weighted by molar-refractivity contribution is 5.88. The molecule has 0 saturated heterocycles. The number of alkyl halides is 2. The minimum Gasteiger partial charge on any atom is -0.497 e. The summed E-state index contributed by atoms with van der Waals surface area (Å²) in [7, 11) is 2.96. The van der Waals surface area contributed by atoms with Gasteiger partial charge in [0, 0.05) is 23.9 Å². The standard InChI is InChI=1S/C29H28F3N3O6/c1-29(2,3)19-11-20-23(33-25-22(41-28(31)32)8-15(30)13-34(20)25)24-17(19)10-18(27(37)38)26(36)35(24)12-14-6-7-16(39-4)9-21(14)40-5/h6-10,13,19,28H,11-12H2,1-5H3,(H,37,38). The number of aromatic nitrogens is 3. The second-order valence-corrected chi connectivity index (χ2v) is 10.9. The van der Waals surface area contributed by atoms with Crippen molar-refractivity contribution in [2.45, 2.75) is 46.3 Å². The first-order chi connectivity index (χ1) is 19.3. The van der Waals surface area contributed by atoms with E-state index in [0.29, 0.717) is 34.0 Å². The number of benzene rings is 1. The Labute approximate surface area is 232 Å². The number of aromatic carboxylic acids is 1. The molecule has 1 atom stereocenters. The summed E-state index contributed by atoms with van der Waals surface area (Å²) < 4.78 is 59.1. The SMILES string of the molecule is COc1ccc(Cn2c3c(cc(C(=O)O)c2=O)C(C(C)(C)C)Cc2c-3nc3c(OC(F)F)cc(F)cn23)c(OC)c1. The maximum Gasteiger partial charge on any atom is 0.387 e. The average Bonchev–Trinajstić information content (AvgIpc) is 3.27. The van der Waals surface area contributed by atoms with Crippen molar-refractivity contribution in [3.8, 4) is 28.6 Å². The molecule has 0 aliphatic heterocycles. The van der Waals surface area contributed by atoms with E-state index in [1.807, 2.05) is 20.8 Å². The molecule has 1 aliphatic carbocycles. The lowest BCUT2D eigenvalue weighted by Crippen LogP contribution is -2.34. The van der Waals surface area contributed by atoms with Crippen LogP contribution in [0, 0.1) is 11.2 Å². The molecule has 5 rings (SSSR count). The Bertz CT molecular complexity index is 1740. The number of carboxylic acids is 1. The van der Waals surface area contributed by atoms with Gasteiger partial charge in [0.05, 0.1) is 32.2 Å². The van der Waals surface area contributed by atoms with Crippen LogP contribution in [-0.4, -0.2) is 45.9 Å². The van der Waals surface area contributed by atoms with E-state index >= 15 is 0 Å². The lowest BCUT2D eigenvalue weighted by Gasteiger charge is -2.36. The van der Waals surface area contributed by atoms with Gasteiger partial charge < -0.3 is 23.9 Å². The number of carboxylic acid groups (broad SMARTS) is 1. The van der Waals surface area contributed by atoms with E-state index in [1.54, 1.807) is 18.2 Å². The van der Waals surface area contributed by atoms with Gasteiger partial charge in [-0.1, -0.05) is 20.8 Å². The van der Waals surface area contributed by atoms with E-state index in [2.05, 4.69) is 9.72 Å². The molecular formula is C29H28F3N3O6. The van der Waals surface area contributed by atoms with Crippen LogP contribution in [-0.2, 0) is 13.0 Å². The molecule has 12 heteroatoms. The van der Waals surface area contributed by atoms with Crippen LogP contribution >= 0.6 is 0 Å². The maximum absolute atomic E-state index is 14.6. The zero-order valence-corrected chi connectivity index (χ0v) is 23.0. The number of halogens is 3. The van der Waals surface area contributed by atoms with Gasteiger partial charge in [0.1, 0.15) is 28.6 Å². The Morgan fingerprint density at radius 2 is 1.88 bits per heavy atom. The molecular weight excluding hydrogens is 543 g/mol. The molecule has 0 saturated carbocycles. The number of fused-ring (bicyclic) bond motifs is 5. The molecule has 1 aromatic carbocycles. The van der Waals surface area contributed by atoms with E-state index < -0.39 is 40.7 Å². The number of hydrogen-bond acceptors (Lipinski definition) is 6.